The summed E-state index contributed by atoms with van der Waals surface area (Å²) in [5.74, 6) is 0. The molecular formula is C17H9ClF3N3O. The van der Waals surface area contributed by atoms with E-state index in [1.165, 1.54) is 12.1 Å². The van der Waals surface area contributed by atoms with Crippen molar-refractivity contribution in [2.75, 3.05) is 0 Å². The van der Waals surface area contributed by atoms with Gasteiger partial charge >= 0.3 is 6.18 Å². The first-order chi connectivity index (χ1) is 11.9. The fourth-order valence-electron chi connectivity index (χ4n) is 2.74. The van der Waals surface area contributed by atoms with Gasteiger partial charge in [0.25, 0.3) is 5.56 Å². The van der Waals surface area contributed by atoms with E-state index in [0.717, 1.165) is 16.8 Å². The molecule has 0 amide bonds. The average molecular weight is 364 g/mol. The van der Waals surface area contributed by atoms with Crippen LogP contribution in [0.1, 0.15) is 5.56 Å². The minimum Gasteiger partial charge on any atom is -0.288 e. The Bertz CT molecular complexity index is 1160. The smallest absolute Gasteiger partial charge is 0.288 e. The van der Waals surface area contributed by atoms with E-state index in [1.54, 1.807) is 24.3 Å². The largest absolute Gasteiger partial charge is 0.416 e. The Labute approximate surface area is 143 Å². The Morgan fingerprint density at radius 2 is 1.64 bits per heavy atom. The third-order valence-electron chi connectivity index (χ3n) is 3.95. The number of rotatable bonds is 1. The lowest BCUT2D eigenvalue weighted by atomic mass is 10.1. The van der Waals surface area contributed by atoms with Gasteiger partial charge in [0.05, 0.1) is 16.8 Å². The molecular weight excluding hydrogens is 355 g/mol. The SMILES string of the molecule is O=c1c2nc(Cl)c3ccccc3c2[nH]n1-c1ccc(C(F)(F)F)cc1. The van der Waals surface area contributed by atoms with Gasteiger partial charge in [-0.15, -0.1) is 0 Å². The summed E-state index contributed by atoms with van der Waals surface area (Å²) in [5, 5.41) is 4.49. The number of halogens is 4. The van der Waals surface area contributed by atoms with E-state index in [9.17, 15) is 18.0 Å². The summed E-state index contributed by atoms with van der Waals surface area (Å²) in [6.07, 6.45) is -4.44. The Kier molecular flexibility index (Phi) is 3.36. The summed E-state index contributed by atoms with van der Waals surface area (Å²) >= 11 is 6.14. The highest BCUT2D eigenvalue weighted by molar-refractivity contribution is 6.35. The maximum Gasteiger partial charge on any atom is 0.416 e. The average Bonchev–Trinajstić information content (AvgIpc) is 2.92. The summed E-state index contributed by atoms with van der Waals surface area (Å²) < 4.78 is 39.2. The van der Waals surface area contributed by atoms with Crippen LogP contribution in [-0.2, 0) is 6.18 Å². The van der Waals surface area contributed by atoms with Crippen LogP contribution in [-0.4, -0.2) is 14.8 Å². The number of alkyl halides is 3. The molecule has 0 fully saturated rings. The van der Waals surface area contributed by atoms with E-state index >= 15 is 0 Å². The van der Waals surface area contributed by atoms with E-state index in [1.807, 2.05) is 0 Å². The first-order valence-corrected chi connectivity index (χ1v) is 7.60. The molecule has 0 saturated carbocycles. The lowest BCUT2D eigenvalue weighted by Crippen LogP contribution is -2.15. The molecule has 0 bridgehead atoms. The highest BCUT2D eigenvalue weighted by Crippen LogP contribution is 2.30. The molecule has 2 heterocycles. The number of nitrogens with one attached hydrogen (secondary N) is 1. The standard InChI is InChI=1S/C17H9ClF3N3O/c18-15-12-4-2-1-3-11(12)13-14(22-15)16(25)24(23-13)10-7-5-9(6-8-10)17(19,20)21/h1-8,23H. The van der Waals surface area contributed by atoms with E-state index < -0.39 is 17.3 Å². The molecule has 0 aliphatic carbocycles. The van der Waals surface area contributed by atoms with Crippen molar-refractivity contribution in [2.24, 2.45) is 0 Å². The molecule has 4 rings (SSSR count). The summed E-state index contributed by atoms with van der Waals surface area (Å²) in [6, 6.07) is 11.5. The zero-order valence-corrected chi connectivity index (χ0v) is 13.2. The van der Waals surface area contributed by atoms with Gasteiger partial charge < -0.3 is 0 Å². The Morgan fingerprint density at radius 1 is 1.00 bits per heavy atom. The number of pyridine rings is 1. The van der Waals surface area contributed by atoms with Gasteiger partial charge in [-0.3, -0.25) is 9.89 Å². The van der Waals surface area contributed by atoms with Gasteiger partial charge in [-0.25, -0.2) is 9.67 Å². The van der Waals surface area contributed by atoms with Crippen LogP contribution in [0.4, 0.5) is 13.2 Å². The van der Waals surface area contributed by atoms with E-state index in [0.29, 0.717) is 16.3 Å². The molecule has 0 radical (unpaired) electrons. The topological polar surface area (TPSA) is 50.7 Å². The van der Waals surface area contributed by atoms with Crippen LogP contribution in [0.25, 0.3) is 27.5 Å². The Morgan fingerprint density at radius 3 is 2.28 bits per heavy atom. The molecule has 0 aliphatic rings. The number of nitrogens with zero attached hydrogens (tertiary/aromatic N) is 2. The third kappa shape index (κ3) is 2.47. The van der Waals surface area contributed by atoms with Crippen molar-refractivity contribution in [1.29, 1.82) is 0 Å². The number of H-pyrrole nitrogens is 1. The molecule has 2 aromatic heterocycles. The molecule has 0 unspecified atom stereocenters. The van der Waals surface area contributed by atoms with Gasteiger partial charge in [-0.05, 0) is 24.3 Å². The Hall–Kier alpha value is -2.80. The fourth-order valence-corrected chi connectivity index (χ4v) is 2.99. The molecule has 0 aliphatic heterocycles. The van der Waals surface area contributed by atoms with Crippen molar-refractivity contribution in [1.82, 2.24) is 14.8 Å². The van der Waals surface area contributed by atoms with Crippen LogP contribution in [0, 0.1) is 0 Å². The lowest BCUT2D eigenvalue weighted by molar-refractivity contribution is -0.137. The van der Waals surface area contributed by atoms with Gasteiger partial charge in [0, 0.05) is 10.8 Å². The number of hydrogen-bond acceptors (Lipinski definition) is 2. The number of aromatic amines is 1. The second-order valence-electron chi connectivity index (χ2n) is 5.47. The van der Waals surface area contributed by atoms with Gasteiger partial charge in [0.2, 0.25) is 0 Å². The second kappa shape index (κ2) is 5.35. The first-order valence-electron chi connectivity index (χ1n) is 7.23. The maximum absolute atomic E-state index is 12.7. The summed E-state index contributed by atoms with van der Waals surface area (Å²) in [5.41, 5.74) is -0.390. The summed E-state index contributed by atoms with van der Waals surface area (Å²) in [4.78, 5) is 16.7. The highest BCUT2D eigenvalue weighted by atomic mass is 35.5. The molecule has 1 N–H and O–H groups in total. The van der Waals surface area contributed by atoms with Crippen LogP contribution >= 0.6 is 11.6 Å². The van der Waals surface area contributed by atoms with E-state index in [2.05, 4.69) is 10.1 Å². The molecule has 126 valence electrons. The van der Waals surface area contributed by atoms with Crippen molar-refractivity contribution in [3.8, 4) is 5.69 Å². The predicted octanol–water partition coefficient (Wildman–Crippen LogP) is 4.54. The van der Waals surface area contributed by atoms with Crippen LogP contribution in [0.5, 0.6) is 0 Å². The molecule has 0 saturated heterocycles. The monoisotopic (exact) mass is 363 g/mol. The van der Waals surface area contributed by atoms with Crippen molar-refractivity contribution >= 4 is 33.4 Å². The van der Waals surface area contributed by atoms with Crippen molar-refractivity contribution in [3.63, 3.8) is 0 Å². The van der Waals surface area contributed by atoms with Gasteiger partial charge in [0.1, 0.15) is 5.15 Å². The lowest BCUT2D eigenvalue weighted by Gasteiger charge is -2.07. The van der Waals surface area contributed by atoms with Gasteiger partial charge in [-0.1, -0.05) is 35.9 Å². The minimum absolute atomic E-state index is 0.128. The van der Waals surface area contributed by atoms with Gasteiger partial charge in [0.15, 0.2) is 5.52 Å². The van der Waals surface area contributed by atoms with E-state index in [4.69, 9.17) is 11.6 Å². The third-order valence-corrected chi connectivity index (χ3v) is 4.24. The van der Waals surface area contributed by atoms with Crippen molar-refractivity contribution in [2.45, 2.75) is 6.18 Å². The zero-order valence-electron chi connectivity index (χ0n) is 12.4. The number of aromatic nitrogens is 3. The second-order valence-corrected chi connectivity index (χ2v) is 5.83. The molecule has 4 nitrogen and oxygen atoms in total. The fraction of sp³-hybridized carbons (Fsp3) is 0.0588. The molecule has 4 aromatic rings. The van der Waals surface area contributed by atoms with Crippen molar-refractivity contribution < 1.29 is 13.2 Å². The summed E-state index contributed by atoms with van der Waals surface area (Å²) in [7, 11) is 0. The maximum atomic E-state index is 12.7. The quantitative estimate of drug-likeness (QED) is 0.505. The first kappa shape index (κ1) is 15.7. The van der Waals surface area contributed by atoms with Gasteiger partial charge in [-0.2, -0.15) is 13.2 Å². The number of hydrogen-bond donors (Lipinski definition) is 1. The normalized spacial score (nSPS) is 12.2. The zero-order chi connectivity index (χ0) is 17.8. The molecule has 2 aromatic carbocycles. The Balaban J connectivity index is 1.96. The van der Waals surface area contributed by atoms with Crippen LogP contribution in [0.15, 0.2) is 53.3 Å². The van der Waals surface area contributed by atoms with Crippen LogP contribution in [0.2, 0.25) is 5.15 Å². The van der Waals surface area contributed by atoms with Crippen LogP contribution in [0.3, 0.4) is 0 Å². The number of benzene rings is 2. The molecule has 8 heteroatoms. The predicted molar refractivity (Wildman–Crippen MR) is 89.2 cm³/mol. The highest BCUT2D eigenvalue weighted by Gasteiger charge is 2.30. The molecule has 0 spiro atoms. The summed E-state index contributed by atoms with van der Waals surface area (Å²) in [6.45, 7) is 0. The molecule has 25 heavy (non-hydrogen) atoms. The molecule has 0 atom stereocenters. The van der Waals surface area contributed by atoms with Crippen LogP contribution < -0.4 is 5.56 Å². The number of fused-ring (bicyclic) bond motifs is 3. The van der Waals surface area contributed by atoms with E-state index in [-0.39, 0.29) is 16.4 Å². The van der Waals surface area contributed by atoms with Crippen molar-refractivity contribution in [3.05, 3.63) is 69.6 Å². The minimum atomic E-state index is -4.44.